The van der Waals surface area contributed by atoms with Crippen molar-refractivity contribution in [2.45, 2.75) is 148 Å². The van der Waals surface area contributed by atoms with Gasteiger partial charge in [-0.2, -0.15) is 0 Å². The lowest BCUT2D eigenvalue weighted by atomic mass is 10.0. The Bertz CT molecular complexity index is 192. The number of hydrogen-bond donors (Lipinski definition) is 1. The molecule has 0 unspecified atom stereocenters. The first kappa shape index (κ1) is 25.0. The van der Waals surface area contributed by atoms with Crippen molar-refractivity contribution in [2.75, 3.05) is 0 Å². The van der Waals surface area contributed by atoms with Crippen molar-refractivity contribution in [1.82, 2.24) is 0 Å². The molecule has 0 aromatic rings. The molecule has 0 aromatic carbocycles. The van der Waals surface area contributed by atoms with Crippen LogP contribution >= 0.6 is 0 Å². The standard InChI is InChI=1S/C24H50N/c1-2-3-4-5-6-7-8-9-10-11-12-13-14-15-16-17-18-19-20-21-22-23-24-25/h24H,2-23,25H2,1H3. The van der Waals surface area contributed by atoms with E-state index in [0.29, 0.717) is 0 Å². The predicted octanol–water partition coefficient (Wildman–Crippen LogP) is 8.71. The van der Waals surface area contributed by atoms with E-state index in [0.717, 1.165) is 6.42 Å². The van der Waals surface area contributed by atoms with Gasteiger partial charge in [-0.05, 0) is 6.42 Å². The number of rotatable bonds is 22. The van der Waals surface area contributed by atoms with Gasteiger partial charge in [0.05, 0.1) is 0 Å². The summed E-state index contributed by atoms with van der Waals surface area (Å²) >= 11 is 0. The number of nitrogens with two attached hydrogens (primary N) is 1. The Morgan fingerprint density at radius 3 is 0.880 bits per heavy atom. The van der Waals surface area contributed by atoms with Gasteiger partial charge >= 0.3 is 0 Å². The van der Waals surface area contributed by atoms with E-state index in [1.807, 2.05) is 0 Å². The van der Waals surface area contributed by atoms with Gasteiger partial charge in [0.15, 0.2) is 0 Å². The van der Waals surface area contributed by atoms with Crippen molar-refractivity contribution in [2.24, 2.45) is 5.73 Å². The van der Waals surface area contributed by atoms with E-state index >= 15 is 0 Å². The predicted molar refractivity (Wildman–Crippen MR) is 116 cm³/mol. The third-order valence-corrected chi connectivity index (χ3v) is 5.47. The topological polar surface area (TPSA) is 26.0 Å². The molecule has 25 heavy (non-hydrogen) atoms. The summed E-state index contributed by atoms with van der Waals surface area (Å²) in [5.74, 6) is 0. The maximum absolute atomic E-state index is 5.39. The van der Waals surface area contributed by atoms with E-state index in [2.05, 4.69) is 6.92 Å². The third-order valence-electron chi connectivity index (χ3n) is 5.47. The molecule has 0 fully saturated rings. The average molecular weight is 353 g/mol. The lowest BCUT2D eigenvalue weighted by Crippen LogP contribution is -1.89. The van der Waals surface area contributed by atoms with Gasteiger partial charge < -0.3 is 5.73 Å². The molecule has 0 aromatic heterocycles. The van der Waals surface area contributed by atoms with Crippen molar-refractivity contribution in [3.8, 4) is 0 Å². The summed E-state index contributed by atoms with van der Waals surface area (Å²) < 4.78 is 0. The van der Waals surface area contributed by atoms with Crippen LogP contribution in [0.1, 0.15) is 148 Å². The molecule has 2 N–H and O–H groups in total. The summed E-state index contributed by atoms with van der Waals surface area (Å²) in [4.78, 5) is 0. The fourth-order valence-corrected chi connectivity index (χ4v) is 3.69. The van der Waals surface area contributed by atoms with Crippen LogP contribution < -0.4 is 5.73 Å². The largest absolute Gasteiger partial charge is 0.326 e. The Labute approximate surface area is 160 Å². The Balaban J connectivity index is 2.94. The second-order valence-electron chi connectivity index (χ2n) is 8.10. The maximum atomic E-state index is 5.39. The molecule has 0 heterocycles. The molecule has 0 aliphatic carbocycles. The molecular weight excluding hydrogens is 302 g/mol. The van der Waals surface area contributed by atoms with Gasteiger partial charge in [-0.1, -0.05) is 142 Å². The summed E-state index contributed by atoms with van der Waals surface area (Å²) in [5, 5.41) is 0. The highest BCUT2D eigenvalue weighted by Gasteiger charge is 1.95. The lowest BCUT2D eigenvalue weighted by Gasteiger charge is -2.04. The summed E-state index contributed by atoms with van der Waals surface area (Å²) in [7, 11) is 0. The van der Waals surface area contributed by atoms with E-state index in [1.165, 1.54) is 135 Å². The van der Waals surface area contributed by atoms with Crippen LogP contribution in [0.2, 0.25) is 0 Å². The molecule has 0 saturated carbocycles. The first-order valence-corrected chi connectivity index (χ1v) is 11.9. The Hall–Kier alpha value is -0.0400. The summed E-state index contributed by atoms with van der Waals surface area (Å²) in [6.45, 7) is 4.10. The van der Waals surface area contributed by atoms with E-state index in [-0.39, 0.29) is 0 Å². The Kier molecular flexibility index (Phi) is 23.9. The van der Waals surface area contributed by atoms with Crippen molar-refractivity contribution < 1.29 is 0 Å². The highest BCUT2D eigenvalue weighted by Crippen LogP contribution is 2.15. The number of hydrogen-bond acceptors (Lipinski definition) is 1. The molecule has 0 atom stereocenters. The van der Waals surface area contributed by atoms with Crippen LogP contribution in [0.15, 0.2) is 0 Å². The van der Waals surface area contributed by atoms with Crippen molar-refractivity contribution in [3.63, 3.8) is 0 Å². The molecule has 0 rings (SSSR count). The van der Waals surface area contributed by atoms with E-state index < -0.39 is 0 Å². The molecule has 1 heteroatoms. The normalized spacial score (nSPS) is 11.3. The smallest absolute Gasteiger partial charge is 0.0192 e. The molecular formula is C24H50N. The van der Waals surface area contributed by atoms with Crippen LogP contribution in [-0.4, -0.2) is 0 Å². The van der Waals surface area contributed by atoms with Crippen LogP contribution in [0.25, 0.3) is 0 Å². The second kappa shape index (κ2) is 24.0. The van der Waals surface area contributed by atoms with E-state index in [9.17, 15) is 0 Å². The van der Waals surface area contributed by atoms with Gasteiger partial charge in [0.1, 0.15) is 0 Å². The molecule has 0 bridgehead atoms. The van der Waals surface area contributed by atoms with Gasteiger partial charge in [0, 0.05) is 6.54 Å². The first-order valence-electron chi connectivity index (χ1n) is 11.9. The highest BCUT2D eigenvalue weighted by atomic mass is 14.5. The quantitative estimate of drug-likeness (QED) is 0.194. The minimum Gasteiger partial charge on any atom is -0.326 e. The molecule has 151 valence electrons. The summed E-state index contributed by atoms with van der Waals surface area (Å²) in [6.07, 6.45) is 31.5. The van der Waals surface area contributed by atoms with Gasteiger partial charge in [0.2, 0.25) is 0 Å². The third kappa shape index (κ3) is 24.0. The minimum absolute atomic E-state index is 1.10. The number of unbranched alkanes of at least 4 members (excludes halogenated alkanes) is 21. The molecule has 0 aliphatic rings. The van der Waals surface area contributed by atoms with Gasteiger partial charge in [-0.25, -0.2) is 0 Å². The van der Waals surface area contributed by atoms with E-state index in [4.69, 9.17) is 5.73 Å². The summed E-state index contributed by atoms with van der Waals surface area (Å²) in [5.41, 5.74) is 5.39. The lowest BCUT2D eigenvalue weighted by molar-refractivity contribution is 0.520. The molecule has 1 nitrogen and oxygen atoms in total. The molecule has 0 aliphatic heterocycles. The fourth-order valence-electron chi connectivity index (χ4n) is 3.69. The van der Waals surface area contributed by atoms with E-state index in [1.54, 1.807) is 6.54 Å². The first-order chi connectivity index (χ1) is 12.4. The maximum Gasteiger partial charge on any atom is 0.0192 e. The van der Waals surface area contributed by atoms with Gasteiger partial charge in [0.25, 0.3) is 0 Å². The van der Waals surface area contributed by atoms with Crippen LogP contribution in [0.3, 0.4) is 0 Å². The van der Waals surface area contributed by atoms with Gasteiger partial charge in [-0.3, -0.25) is 0 Å². The van der Waals surface area contributed by atoms with Crippen LogP contribution in [0.4, 0.5) is 0 Å². The van der Waals surface area contributed by atoms with Crippen LogP contribution in [-0.2, 0) is 0 Å². The van der Waals surface area contributed by atoms with Crippen molar-refractivity contribution >= 4 is 0 Å². The molecule has 0 spiro atoms. The Morgan fingerprint density at radius 2 is 0.640 bits per heavy atom. The SMILES string of the molecule is CCCCCCCCCCCCCCCCCCCCCCC[CH]N. The molecule has 0 saturated heterocycles. The zero-order valence-corrected chi connectivity index (χ0v) is 17.7. The zero-order valence-electron chi connectivity index (χ0n) is 17.7. The van der Waals surface area contributed by atoms with Gasteiger partial charge in [-0.15, -0.1) is 0 Å². The molecule has 1 radical (unpaired) electrons. The molecule has 0 amide bonds. The Morgan fingerprint density at radius 1 is 0.400 bits per heavy atom. The highest BCUT2D eigenvalue weighted by molar-refractivity contribution is 4.54. The average Bonchev–Trinajstić information content (AvgIpc) is 2.63. The van der Waals surface area contributed by atoms with Crippen molar-refractivity contribution in [3.05, 3.63) is 6.54 Å². The minimum atomic E-state index is 1.10. The zero-order chi connectivity index (χ0) is 18.3. The monoisotopic (exact) mass is 352 g/mol. The summed E-state index contributed by atoms with van der Waals surface area (Å²) in [6, 6.07) is 0. The second-order valence-corrected chi connectivity index (χ2v) is 8.10. The fraction of sp³-hybridized carbons (Fsp3) is 0.958. The van der Waals surface area contributed by atoms with Crippen LogP contribution in [0.5, 0.6) is 0 Å². The van der Waals surface area contributed by atoms with Crippen molar-refractivity contribution in [1.29, 1.82) is 0 Å². The van der Waals surface area contributed by atoms with Crippen LogP contribution in [0, 0.1) is 6.54 Å².